The summed E-state index contributed by atoms with van der Waals surface area (Å²) in [6.45, 7) is 9.37. The molecule has 2 aliphatic rings. The second kappa shape index (κ2) is 7.31. The molecule has 0 bridgehead atoms. The van der Waals surface area contributed by atoms with E-state index >= 15 is 0 Å². The highest BCUT2D eigenvalue weighted by Crippen LogP contribution is 2.30. The zero-order chi connectivity index (χ0) is 16.3. The molecule has 0 aromatic rings. The van der Waals surface area contributed by atoms with Gasteiger partial charge in [-0.1, -0.05) is 13.3 Å². The molecule has 0 aromatic heterocycles. The van der Waals surface area contributed by atoms with Crippen molar-refractivity contribution in [1.82, 2.24) is 9.80 Å². The van der Waals surface area contributed by atoms with Crippen molar-refractivity contribution in [1.29, 1.82) is 0 Å². The largest absolute Gasteiger partial charge is 0.436 e. The average molecular weight is 311 g/mol. The molecule has 126 valence electrons. The number of piperidine rings is 1. The van der Waals surface area contributed by atoms with E-state index in [1.54, 1.807) is 0 Å². The van der Waals surface area contributed by atoms with Crippen molar-refractivity contribution in [2.24, 2.45) is 11.7 Å². The summed E-state index contributed by atoms with van der Waals surface area (Å²) in [5.41, 5.74) is 5.05. The van der Waals surface area contributed by atoms with E-state index in [-0.39, 0.29) is 11.9 Å². The Kier molecular flexibility index (Phi) is 5.67. The highest BCUT2D eigenvalue weighted by molar-refractivity contribution is 5.85. The van der Waals surface area contributed by atoms with Gasteiger partial charge in [0.15, 0.2) is 6.10 Å². The molecular formula is C16H29N3O3. The smallest absolute Gasteiger partial charge is 0.405 e. The van der Waals surface area contributed by atoms with Crippen LogP contribution in [0, 0.1) is 5.92 Å². The minimum absolute atomic E-state index is 0.0668. The molecule has 2 amide bonds. The topological polar surface area (TPSA) is 75.9 Å². The first-order chi connectivity index (χ1) is 10.4. The van der Waals surface area contributed by atoms with Crippen molar-refractivity contribution in [2.45, 2.75) is 64.6 Å². The number of ether oxygens (including phenoxy) is 1. The van der Waals surface area contributed by atoms with Gasteiger partial charge in [-0.05, 0) is 32.6 Å². The van der Waals surface area contributed by atoms with Crippen LogP contribution in [0.15, 0.2) is 0 Å². The summed E-state index contributed by atoms with van der Waals surface area (Å²) in [7, 11) is 0. The monoisotopic (exact) mass is 311 g/mol. The maximum absolute atomic E-state index is 12.5. The lowest BCUT2D eigenvalue weighted by molar-refractivity contribution is -0.138. The van der Waals surface area contributed by atoms with Gasteiger partial charge in [0.2, 0.25) is 0 Å². The van der Waals surface area contributed by atoms with E-state index in [4.69, 9.17) is 10.5 Å². The molecule has 22 heavy (non-hydrogen) atoms. The summed E-state index contributed by atoms with van der Waals surface area (Å²) < 4.78 is 4.94. The molecule has 6 nitrogen and oxygen atoms in total. The summed E-state index contributed by atoms with van der Waals surface area (Å²) in [4.78, 5) is 27.8. The van der Waals surface area contributed by atoms with E-state index in [1.165, 1.54) is 0 Å². The molecule has 0 aromatic carbocycles. The Morgan fingerprint density at radius 3 is 2.68 bits per heavy atom. The molecule has 2 saturated heterocycles. The number of hydrogen-bond donors (Lipinski definition) is 1. The average Bonchev–Trinajstić information content (AvgIpc) is 2.80. The van der Waals surface area contributed by atoms with E-state index in [0.717, 1.165) is 32.4 Å². The number of rotatable bonds is 5. The van der Waals surface area contributed by atoms with Crippen LogP contribution < -0.4 is 5.73 Å². The van der Waals surface area contributed by atoms with Crippen molar-refractivity contribution in [3.63, 3.8) is 0 Å². The normalized spacial score (nSPS) is 30.1. The molecule has 2 N–H and O–H groups in total. The molecule has 2 heterocycles. The number of likely N-dealkylation sites (tertiary alicyclic amines) is 2. The number of nitrogens with zero attached hydrogens (tertiary/aromatic N) is 2. The molecule has 6 heteroatoms. The van der Waals surface area contributed by atoms with Crippen molar-refractivity contribution in [2.75, 3.05) is 19.6 Å². The predicted molar refractivity (Wildman–Crippen MR) is 84.3 cm³/mol. The third-order valence-electron chi connectivity index (χ3n) is 4.96. The zero-order valence-corrected chi connectivity index (χ0v) is 14.0. The van der Waals surface area contributed by atoms with Gasteiger partial charge < -0.3 is 20.3 Å². The van der Waals surface area contributed by atoms with Gasteiger partial charge in [0.05, 0.1) is 0 Å². The van der Waals surface area contributed by atoms with Crippen molar-refractivity contribution >= 4 is 12.0 Å². The summed E-state index contributed by atoms with van der Waals surface area (Å²) in [5, 5.41) is 0. The number of amides is 2. The standard InChI is InChI=1S/C16H29N3O3/c1-4-5-12-10-18(11(2)3)8-6-13(12)19-9-7-14(15(19)20)22-16(17)21/h11-14H,4-10H2,1-3H3,(H2,17,21)/t12-,13+,14+/m1/s1. The van der Waals surface area contributed by atoms with Gasteiger partial charge in [0.25, 0.3) is 5.91 Å². The van der Waals surface area contributed by atoms with Crippen LogP contribution in [0.4, 0.5) is 4.79 Å². The Hall–Kier alpha value is -1.30. The van der Waals surface area contributed by atoms with E-state index in [2.05, 4.69) is 25.7 Å². The minimum Gasteiger partial charge on any atom is -0.436 e. The minimum atomic E-state index is -0.861. The van der Waals surface area contributed by atoms with Crippen LogP contribution in [0.3, 0.4) is 0 Å². The number of hydrogen-bond acceptors (Lipinski definition) is 4. The third-order valence-corrected chi connectivity index (χ3v) is 4.96. The van der Waals surface area contributed by atoms with Gasteiger partial charge in [-0.2, -0.15) is 0 Å². The second-order valence-electron chi connectivity index (χ2n) is 6.74. The number of carbonyl (C=O) groups excluding carboxylic acids is 2. The number of carbonyl (C=O) groups is 2. The number of primary amides is 1. The van der Waals surface area contributed by atoms with Gasteiger partial charge in [0.1, 0.15) is 0 Å². The highest BCUT2D eigenvalue weighted by Gasteiger charge is 2.42. The van der Waals surface area contributed by atoms with Gasteiger partial charge >= 0.3 is 6.09 Å². The lowest BCUT2D eigenvalue weighted by atomic mass is 9.87. The van der Waals surface area contributed by atoms with Crippen LogP contribution in [0.25, 0.3) is 0 Å². The van der Waals surface area contributed by atoms with E-state index in [0.29, 0.717) is 24.9 Å². The molecule has 0 radical (unpaired) electrons. The van der Waals surface area contributed by atoms with Gasteiger partial charge in [-0.15, -0.1) is 0 Å². The quantitative estimate of drug-likeness (QED) is 0.836. The Morgan fingerprint density at radius 2 is 2.09 bits per heavy atom. The maximum Gasteiger partial charge on any atom is 0.405 e. The SMILES string of the molecule is CCC[C@@H]1CN(C(C)C)CC[C@@H]1N1CC[C@H](OC(N)=O)C1=O. The van der Waals surface area contributed by atoms with Crippen LogP contribution in [0.5, 0.6) is 0 Å². The molecular weight excluding hydrogens is 282 g/mol. The maximum atomic E-state index is 12.5. The fraction of sp³-hybridized carbons (Fsp3) is 0.875. The molecule has 2 rings (SSSR count). The second-order valence-corrected chi connectivity index (χ2v) is 6.74. The van der Waals surface area contributed by atoms with Gasteiger partial charge in [-0.25, -0.2) is 4.79 Å². The fourth-order valence-corrected chi connectivity index (χ4v) is 3.84. The first kappa shape index (κ1) is 17.1. The molecule has 0 aliphatic carbocycles. The van der Waals surface area contributed by atoms with Crippen molar-refractivity contribution < 1.29 is 14.3 Å². The van der Waals surface area contributed by atoms with Crippen LogP contribution in [0.2, 0.25) is 0 Å². The lowest BCUT2D eigenvalue weighted by Gasteiger charge is -2.44. The van der Waals surface area contributed by atoms with Crippen LogP contribution in [0.1, 0.15) is 46.5 Å². The third kappa shape index (κ3) is 3.72. The number of nitrogens with two attached hydrogens (primary N) is 1. The van der Waals surface area contributed by atoms with Gasteiger partial charge in [0, 0.05) is 38.1 Å². The first-order valence-corrected chi connectivity index (χ1v) is 8.44. The van der Waals surface area contributed by atoms with Crippen LogP contribution in [-0.4, -0.2) is 59.6 Å². The van der Waals surface area contributed by atoms with E-state index in [1.807, 2.05) is 4.90 Å². The summed E-state index contributed by atoms with van der Waals surface area (Å²) >= 11 is 0. The van der Waals surface area contributed by atoms with Gasteiger partial charge in [-0.3, -0.25) is 4.79 Å². The Labute approximate surface area is 132 Å². The Balaban J connectivity index is 2.03. The fourth-order valence-electron chi connectivity index (χ4n) is 3.84. The Morgan fingerprint density at radius 1 is 1.36 bits per heavy atom. The Bertz CT molecular complexity index is 413. The summed E-state index contributed by atoms with van der Waals surface area (Å²) in [6.07, 6.45) is 2.26. The highest BCUT2D eigenvalue weighted by atomic mass is 16.6. The molecule has 2 aliphatic heterocycles. The van der Waals surface area contributed by atoms with E-state index in [9.17, 15) is 9.59 Å². The van der Waals surface area contributed by atoms with Crippen molar-refractivity contribution in [3.8, 4) is 0 Å². The van der Waals surface area contributed by atoms with Crippen molar-refractivity contribution in [3.05, 3.63) is 0 Å². The summed E-state index contributed by atoms with van der Waals surface area (Å²) in [6, 6.07) is 0.810. The molecule has 0 unspecified atom stereocenters. The molecule has 3 atom stereocenters. The molecule has 0 saturated carbocycles. The zero-order valence-electron chi connectivity index (χ0n) is 14.0. The van der Waals surface area contributed by atoms with Crippen LogP contribution >= 0.6 is 0 Å². The summed E-state index contributed by atoms with van der Waals surface area (Å²) in [5.74, 6) is 0.431. The predicted octanol–water partition coefficient (Wildman–Crippen LogP) is 1.58. The molecule has 0 spiro atoms. The molecule has 2 fully saturated rings. The van der Waals surface area contributed by atoms with E-state index < -0.39 is 12.2 Å². The first-order valence-electron chi connectivity index (χ1n) is 8.44. The lowest BCUT2D eigenvalue weighted by Crippen LogP contribution is -2.53. The van der Waals surface area contributed by atoms with Crippen LogP contribution in [-0.2, 0) is 9.53 Å².